The van der Waals surface area contributed by atoms with Gasteiger partial charge in [-0.2, -0.15) is 0 Å². The summed E-state index contributed by atoms with van der Waals surface area (Å²) in [6, 6.07) is 7.99. The van der Waals surface area contributed by atoms with Gasteiger partial charge in [0.25, 0.3) is 0 Å². The number of amidine groups is 1. The van der Waals surface area contributed by atoms with E-state index >= 15 is 0 Å². The second-order valence-electron chi connectivity index (χ2n) is 3.13. The monoisotopic (exact) mass is 192 g/mol. The summed E-state index contributed by atoms with van der Waals surface area (Å²) in [6.45, 7) is 3.24. The Hall–Kier alpha value is -1.35. The van der Waals surface area contributed by atoms with Crippen molar-refractivity contribution in [2.45, 2.75) is 6.92 Å². The lowest BCUT2D eigenvalue weighted by Gasteiger charge is -2.01. The van der Waals surface area contributed by atoms with Crippen molar-refractivity contribution < 1.29 is 4.74 Å². The van der Waals surface area contributed by atoms with Crippen LogP contribution in [0.2, 0.25) is 0 Å². The van der Waals surface area contributed by atoms with Crippen molar-refractivity contribution in [2.24, 2.45) is 10.7 Å². The molecule has 0 aliphatic rings. The van der Waals surface area contributed by atoms with E-state index in [1.54, 1.807) is 7.11 Å². The van der Waals surface area contributed by atoms with E-state index in [9.17, 15) is 0 Å². The van der Waals surface area contributed by atoms with Gasteiger partial charge in [-0.25, -0.2) is 0 Å². The normalized spacial score (nSPS) is 11.7. The molecule has 3 nitrogen and oxygen atoms in total. The maximum Gasteiger partial charge on any atom is 0.125 e. The number of hydrogen-bond donors (Lipinski definition) is 1. The standard InChI is InChI=1S/C11H16N2O/c1-9-4-3-5-10(8-9)11(12)13-6-7-14-2/h3-5,8H,6-7H2,1-2H3,(H2,12,13). The third kappa shape index (κ3) is 3.18. The number of aryl methyl sites for hydroxylation is 1. The highest BCUT2D eigenvalue weighted by Crippen LogP contribution is 2.03. The topological polar surface area (TPSA) is 47.6 Å². The molecule has 76 valence electrons. The second kappa shape index (κ2) is 5.40. The van der Waals surface area contributed by atoms with E-state index in [1.165, 1.54) is 5.56 Å². The molecule has 1 rings (SSSR count). The molecular formula is C11H16N2O. The molecule has 14 heavy (non-hydrogen) atoms. The zero-order valence-corrected chi connectivity index (χ0v) is 8.66. The molecule has 0 saturated carbocycles. The van der Waals surface area contributed by atoms with Gasteiger partial charge in [-0.3, -0.25) is 4.99 Å². The van der Waals surface area contributed by atoms with Crippen LogP contribution in [0.3, 0.4) is 0 Å². The van der Waals surface area contributed by atoms with Gasteiger partial charge in [0.2, 0.25) is 0 Å². The van der Waals surface area contributed by atoms with Gasteiger partial charge in [-0.05, 0) is 13.0 Å². The van der Waals surface area contributed by atoms with Crippen molar-refractivity contribution >= 4 is 5.84 Å². The van der Waals surface area contributed by atoms with Crippen molar-refractivity contribution in [3.8, 4) is 0 Å². The minimum Gasteiger partial charge on any atom is -0.384 e. The van der Waals surface area contributed by atoms with Gasteiger partial charge in [0.1, 0.15) is 5.84 Å². The van der Waals surface area contributed by atoms with E-state index in [4.69, 9.17) is 10.5 Å². The van der Waals surface area contributed by atoms with Crippen molar-refractivity contribution in [1.82, 2.24) is 0 Å². The SMILES string of the molecule is COCCN=C(N)c1cccc(C)c1. The smallest absolute Gasteiger partial charge is 0.125 e. The molecule has 0 unspecified atom stereocenters. The summed E-state index contributed by atoms with van der Waals surface area (Å²) in [5, 5.41) is 0. The third-order valence-corrected chi connectivity index (χ3v) is 1.89. The van der Waals surface area contributed by atoms with Crippen LogP contribution >= 0.6 is 0 Å². The Morgan fingerprint density at radius 1 is 1.50 bits per heavy atom. The Bertz CT molecular complexity index is 321. The van der Waals surface area contributed by atoms with Crippen LogP contribution in [0, 0.1) is 6.92 Å². The molecule has 3 heteroatoms. The fraction of sp³-hybridized carbons (Fsp3) is 0.364. The molecule has 0 aliphatic heterocycles. The number of methoxy groups -OCH3 is 1. The summed E-state index contributed by atoms with van der Waals surface area (Å²) in [5.74, 6) is 0.575. The summed E-state index contributed by atoms with van der Waals surface area (Å²) < 4.78 is 4.89. The Balaban J connectivity index is 2.68. The maximum absolute atomic E-state index is 5.80. The largest absolute Gasteiger partial charge is 0.384 e. The van der Waals surface area contributed by atoms with Gasteiger partial charge < -0.3 is 10.5 Å². The first-order valence-electron chi connectivity index (χ1n) is 4.60. The van der Waals surface area contributed by atoms with Gasteiger partial charge in [-0.1, -0.05) is 23.8 Å². The number of hydrogen-bond acceptors (Lipinski definition) is 2. The zero-order chi connectivity index (χ0) is 10.4. The average molecular weight is 192 g/mol. The van der Waals surface area contributed by atoms with Crippen LogP contribution in [0.4, 0.5) is 0 Å². The lowest BCUT2D eigenvalue weighted by Crippen LogP contribution is -2.14. The molecule has 2 N–H and O–H groups in total. The molecule has 0 aromatic heterocycles. The minimum absolute atomic E-state index is 0.575. The van der Waals surface area contributed by atoms with Crippen LogP contribution in [0.25, 0.3) is 0 Å². The molecule has 1 aromatic rings. The Morgan fingerprint density at radius 2 is 2.29 bits per heavy atom. The molecule has 0 saturated heterocycles. The van der Waals surface area contributed by atoms with Crippen LogP contribution in [-0.2, 0) is 4.74 Å². The number of ether oxygens (including phenoxy) is 1. The Labute approximate surface area is 84.6 Å². The molecule has 0 radical (unpaired) electrons. The Kier molecular flexibility index (Phi) is 4.13. The summed E-state index contributed by atoms with van der Waals surface area (Å²) in [7, 11) is 1.65. The van der Waals surface area contributed by atoms with Gasteiger partial charge in [0.15, 0.2) is 0 Å². The van der Waals surface area contributed by atoms with Crippen molar-refractivity contribution in [3.05, 3.63) is 35.4 Å². The maximum atomic E-state index is 5.80. The summed E-state index contributed by atoms with van der Waals surface area (Å²) in [5.41, 5.74) is 7.96. The van der Waals surface area contributed by atoms with E-state index in [2.05, 4.69) is 4.99 Å². The fourth-order valence-corrected chi connectivity index (χ4v) is 1.15. The van der Waals surface area contributed by atoms with Crippen molar-refractivity contribution in [1.29, 1.82) is 0 Å². The number of aliphatic imine (C=N–C) groups is 1. The number of nitrogens with zero attached hydrogens (tertiary/aromatic N) is 1. The van der Waals surface area contributed by atoms with E-state index in [0.717, 1.165) is 5.56 Å². The van der Waals surface area contributed by atoms with Gasteiger partial charge in [0, 0.05) is 12.7 Å². The summed E-state index contributed by atoms with van der Waals surface area (Å²) in [4.78, 5) is 4.19. The van der Waals surface area contributed by atoms with Crippen LogP contribution in [0.1, 0.15) is 11.1 Å². The molecule has 1 aromatic carbocycles. The minimum atomic E-state index is 0.575. The van der Waals surface area contributed by atoms with E-state index < -0.39 is 0 Å². The molecule has 0 atom stereocenters. The average Bonchev–Trinajstić information content (AvgIpc) is 2.18. The van der Waals surface area contributed by atoms with Gasteiger partial charge in [0.05, 0.1) is 13.2 Å². The van der Waals surface area contributed by atoms with Gasteiger partial charge >= 0.3 is 0 Å². The van der Waals surface area contributed by atoms with Gasteiger partial charge in [-0.15, -0.1) is 0 Å². The number of rotatable bonds is 4. The van der Waals surface area contributed by atoms with E-state index in [-0.39, 0.29) is 0 Å². The zero-order valence-electron chi connectivity index (χ0n) is 8.66. The molecular weight excluding hydrogens is 176 g/mol. The highest BCUT2D eigenvalue weighted by molar-refractivity contribution is 5.97. The number of benzene rings is 1. The molecule has 0 bridgehead atoms. The first-order valence-corrected chi connectivity index (χ1v) is 4.60. The van der Waals surface area contributed by atoms with Crippen LogP contribution in [-0.4, -0.2) is 26.1 Å². The van der Waals surface area contributed by atoms with Crippen LogP contribution in [0.5, 0.6) is 0 Å². The van der Waals surface area contributed by atoms with Crippen molar-refractivity contribution in [2.75, 3.05) is 20.3 Å². The molecule has 0 aliphatic carbocycles. The first-order chi connectivity index (χ1) is 6.74. The summed E-state index contributed by atoms with van der Waals surface area (Å²) >= 11 is 0. The third-order valence-electron chi connectivity index (χ3n) is 1.89. The molecule has 0 heterocycles. The Morgan fingerprint density at radius 3 is 2.93 bits per heavy atom. The molecule has 0 fully saturated rings. The predicted octanol–water partition coefficient (Wildman–Crippen LogP) is 1.35. The second-order valence-corrected chi connectivity index (χ2v) is 3.13. The summed E-state index contributed by atoms with van der Waals surface area (Å²) in [6.07, 6.45) is 0. The van der Waals surface area contributed by atoms with Crippen molar-refractivity contribution in [3.63, 3.8) is 0 Å². The van der Waals surface area contributed by atoms with E-state index in [1.807, 2.05) is 31.2 Å². The molecule has 0 spiro atoms. The lowest BCUT2D eigenvalue weighted by atomic mass is 10.1. The predicted molar refractivity (Wildman–Crippen MR) is 58.6 cm³/mol. The highest BCUT2D eigenvalue weighted by atomic mass is 16.5. The fourth-order valence-electron chi connectivity index (χ4n) is 1.15. The van der Waals surface area contributed by atoms with E-state index in [0.29, 0.717) is 19.0 Å². The number of nitrogens with two attached hydrogens (primary N) is 1. The van der Waals surface area contributed by atoms with Crippen LogP contribution < -0.4 is 5.73 Å². The quantitative estimate of drug-likeness (QED) is 0.444. The lowest BCUT2D eigenvalue weighted by molar-refractivity contribution is 0.208. The highest BCUT2D eigenvalue weighted by Gasteiger charge is 1.96. The molecule has 0 amide bonds. The first kappa shape index (κ1) is 10.7. The van der Waals surface area contributed by atoms with Crippen LogP contribution in [0.15, 0.2) is 29.3 Å².